The largest absolute Gasteiger partial charge is 0.340 e. The van der Waals surface area contributed by atoms with Gasteiger partial charge in [-0.1, -0.05) is 27.7 Å². The van der Waals surface area contributed by atoms with Crippen molar-refractivity contribution in [3.8, 4) is 0 Å². The Kier molecular flexibility index (Phi) is 9.58. The van der Waals surface area contributed by atoms with Crippen LogP contribution in [0.15, 0.2) is 0 Å². The van der Waals surface area contributed by atoms with Gasteiger partial charge in [0, 0.05) is 45.7 Å². The van der Waals surface area contributed by atoms with Gasteiger partial charge in [-0.3, -0.25) is 9.69 Å². The molecule has 2 saturated heterocycles. The van der Waals surface area contributed by atoms with E-state index < -0.39 is 0 Å². The molecular formula is C23H45N3O. The van der Waals surface area contributed by atoms with E-state index >= 15 is 0 Å². The number of carbonyl (C=O) groups excluding carboxylic acids is 1. The van der Waals surface area contributed by atoms with E-state index in [4.69, 9.17) is 0 Å². The number of rotatable bonds is 4. The summed E-state index contributed by atoms with van der Waals surface area (Å²) in [4.78, 5) is 18.8. The van der Waals surface area contributed by atoms with Gasteiger partial charge in [0.2, 0.25) is 5.91 Å². The maximum atomic E-state index is 11.4. The Bertz CT molecular complexity index is 415. The molecule has 3 aliphatic rings. The average Bonchev–Trinajstić information content (AvgIpc) is 2.70. The van der Waals surface area contributed by atoms with E-state index in [1.165, 1.54) is 58.2 Å². The average molecular weight is 380 g/mol. The van der Waals surface area contributed by atoms with Gasteiger partial charge in [-0.15, -0.1) is 0 Å². The topological polar surface area (TPSA) is 26.8 Å². The third-order valence-corrected chi connectivity index (χ3v) is 7.18. The van der Waals surface area contributed by atoms with Gasteiger partial charge in [0.1, 0.15) is 0 Å². The minimum Gasteiger partial charge on any atom is -0.340 e. The van der Waals surface area contributed by atoms with Crippen molar-refractivity contribution in [2.75, 3.05) is 45.8 Å². The summed E-state index contributed by atoms with van der Waals surface area (Å²) in [5.41, 5.74) is 0. The number of hydrogen-bond donors (Lipinski definition) is 0. The summed E-state index contributed by atoms with van der Waals surface area (Å²) in [6, 6.07) is 0.870. The van der Waals surface area contributed by atoms with E-state index in [-0.39, 0.29) is 5.91 Å². The Labute approximate surface area is 168 Å². The first-order valence-electron chi connectivity index (χ1n) is 11.7. The minimum absolute atomic E-state index is 0.236. The summed E-state index contributed by atoms with van der Waals surface area (Å²) in [5, 5.41) is 0. The Hall–Kier alpha value is -0.610. The van der Waals surface area contributed by atoms with Crippen LogP contribution in [0.1, 0.15) is 73.1 Å². The number of amides is 1. The molecule has 0 aromatic rings. The lowest BCUT2D eigenvalue weighted by Gasteiger charge is -2.43. The fraction of sp³-hybridized carbons (Fsp3) is 0.957. The summed E-state index contributed by atoms with van der Waals surface area (Å²) >= 11 is 0. The third-order valence-electron chi connectivity index (χ3n) is 7.18. The van der Waals surface area contributed by atoms with Gasteiger partial charge in [-0.2, -0.15) is 0 Å². The van der Waals surface area contributed by atoms with E-state index in [9.17, 15) is 4.79 Å². The van der Waals surface area contributed by atoms with Crippen LogP contribution in [0.4, 0.5) is 0 Å². The normalized spacial score (nSPS) is 28.7. The second-order valence-electron chi connectivity index (χ2n) is 9.10. The van der Waals surface area contributed by atoms with Gasteiger partial charge in [0.05, 0.1) is 0 Å². The van der Waals surface area contributed by atoms with Crippen LogP contribution in [0.2, 0.25) is 0 Å². The highest BCUT2D eigenvalue weighted by atomic mass is 16.2. The van der Waals surface area contributed by atoms with E-state index in [0.29, 0.717) is 0 Å². The molecule has 3 fully saturated rings. The van der Waals surface area contributed by atoms with Crippen LogP contribution in [0.25, 0.3) is 0 Å². The molecular weight excluding hydrogens is 334 g/mol. The molecule has 0 aromatic carbocycles. The molecule has 0 N–H and O–H groups in total. The van der Waals surface area contributed by atoms with Gasteiger partial charge >= 0.3 is 0 Å². The van der Waals surface area contributed by atoms with Gasteiger partial charge in [0.15, 0.2) is 0 Å². The lowest BCUT2D eigenvalue weighted by molar-refractivity contribution is -0.130. The summed E-state index contributed by atoms with van der Waals surface area (Å²) in [7, 11) is 0. The molecule has 0 spiro atoms. The van der Waals surface area contributed by atoms with E-state index in [0.717, 1.165) is 50.0 Å². The molecule has 2 aliphatic heterocycles. The van der Waals surface area contributed by atoms with Crippen LogP contribution in [-0.4, -0.2) is 72.5 Å². The van der Waals surface area contributed by atoms with Crippen molar-refractivity contribution in [2.45, 2.75) is 79.2 Å². The number of piperidine rings is 1. The maximum Gasteiger partial charge on any atom is 0.219 e. The van der Waals surface area contributed by atoms with Crippen LogP contribution in [0, 0.1) is 17.8 Å². The molecule has 27 heavy (non-hydrogen) atoms. The molecule has 0 atom stereocenters. The second-order valence-corrected chi connectivity index (χ2v) is 9.10. The highest BCUT2D eigenvalue weighted by Crippen LogP contribution is 2.33. The van der Waals surface area contributed by atoms with Crippen molar-refractivity contribution in [1.29, 1.82) is 0 Å². The van der Waals surface area contributed by atoms with Gasteiger partial charge in [0.25, 0.3) is 0 Å². The molecule has 1 saturated carbocycles. The van der Waals surface area contributed by atoms with Crippen LogP contribution in [0.3, 0.4) is 0 Å². The van der Waals surface area contributed by atoms with Crippen molar-refractivity contribution in [1.82, 2.24) is 14.7 Å². The van der Waals surface area contributed by atoms with Crippen LogP contribution < -0.4 is 0 Å². The zero-order valence-electron chi connectivity index (χ0n) is 18.8. The highest BCUT2D eigenvalue weighted by molar-refractivity contribution is 5.73. The third kappa shape index (κ3) is 6.74. The van der Waals surface area contributed by atoms with Gasteiger partial charge in [-0.25, -0.2) is 0 Å². The first-order chi connectivity index (χ1) is 13.0. The van der Waals surface area contributed by atoms with Gasteiger partial charge < -0.3 is 9.80 Å². The molecule has 4 heteroatoms. The van der Waals surface area contributed by atoms with Crippen LogP contribution in [-0.2, 0) is 4.79 Å². The second kappa shape index (κ2) is 11.4. The molecule has 3 rings (SSSR count). The molecule has 0 bridgehead atoms. The van der Waals surface area contributed by atoms with Crippen molar-refractivity contribution >= 4 is 5.91 Å². The zero-order valence-corrected chi connectivity index (χ0v) is 18.8. The smallest absolute Gasteiger partial charge is 0.219 e. The minimum atomic E-state index is 0.236. The quantitative estimate of drug-likeness (QED) is 0.736. The highest BCUT2D eigenvalue weighted by Gasteiger charge is 2.30. The first-order valence-corrected chi connectivity index (χ1v) is 11.7. The van der Waals surface area contributed by atoms with E-state index in [2.05, 4.69) is 23.6 Å². The molecule has 4 nitrogen and oxygen atoms in total. The van der Waals surface area contributed by atoms with Crippen molar-refractivity contribution in [3.05, 3.63) is 0 Å². The Morgan fingerprint density at radius 1 is 0.852 bits per heavy atom. The molecule has 2 heterocycles. The van der Waals surface area contributed by atoms with Crippen molar-refractivity contribution < 1.29 is 4.79 Å². The number of hydrogen-bond acceptors (Lipinski definition) is 3. The van der Waals surface area contributed by atoms with Gasteiger partial charge in [-0.05, 0) is 69.4 Å². The predicted octanol–water partition coefficient (Wildman–Crippen LogP) is 4.10. The number of carbonyl (C=O) groups is 1. The fourth-order valence-electron chi connectivity index (χ4n) is 5.24. The van der Waals surface area contributed by atoms with Crippen LogP contribution in [0.5, 0.6) is 0 Å². The number of likely N-dealkylation sites (tertiary alicyclic amines) is 1. The molecule has 0 unspecified atom stereocenters. The Morgan fingerprint density at radius 2 is 1.41 bits per heavy atom. The van der Waals surface area contributed by atoms with Crippen molar-refractivity contribution in [3.63, 3.8) is 0 Å². The maximum absolute atomic E-state index is 11.4. The molecule has 0 aromatic heterocycles. The van der Waals surface area contributed by atoms with Crippen LogP contribution >= 0.6 is 0 Å². The molecule has 1 aliphatic carbocycles. The predicted molar refractivity (Wildman–Crippen MR) is 115 cm³/mol. The molecule has 0 radical (unpaired) electrons. The number of nitrogens with zero attached hydrogens (tertiary/aromatic N) is 3. The molecule has 158 valence electrons. The number of piperazine rings is 1. The summed E-state index contributed by atoms with van der Waals surface area (Å²) < 4.78 is 0. The Balaban J connectivity index is 0.00000126. The summed E-state index contributed by atoms with van der Waals surface area (Å²) in [6.07, 6.45) is 8.50. The zero-order chi connectivity index (χ0) is 19.8. The summed E-state index contributed by atoms with van der Waals surface area (Å²) in [5.74, 6) is 2.95. The van der Waals surface area contributed by atoms with E-state index in [1.807, 2.05) is 18.7 Å². The monoisotopic (exact) mass is 379 g/mol. The molecule has 1 amide bonds. The standard InChI is InChI=1S/C21H39N3O.C2H6/c1-17(2)20-4-6-21(7-5-20)24-10-8-19(9-11-24)16-22-12-14-23(15-13-22)18(3)25;1-2/h17,19-21H,4-16H2,1-3H3;1-2H3. The lowest BCUT2D eigenvalue weighted by atomic mass is 9.78. The Morgan fingerprint density at radius 3 is 1.89 bits per heavy atom. The first kappa shape index (κ1) is 22.7. The fourth-order valence-corrected chi connectivity index (χ4v) is 5.24. The summed E-state index contributed by atoms with van der Waals surface area (Å²) in [6.45, 7) is 18.3. The van der Waals surface area contributed by atoms with Crippen molar-refractivity contribution in [2.24, 2.45) is 17.8 Å². The van der Waals surface area contributed by atoms with E-state index in [1.54, 1.807) is 6.92 Å². The SMILES string of the molecule is CC.CC(=O)N1CCN(CC2CCN(C3CCC(C(C)C)CC3)CC2)CC1. The lowest BCUT2D eigenvalue weighted by Crippen LogP contribution is -2.50.